The summed E-state index contributed by atoms with van der Waals surface area (Å²) in [5.41, 5.74) is -0.0723. The van der Waals surface area contributed by atoms with E-state index in [2.05, 4.69) is 37.9 Å². The molecule has 0 aromatic heterocycles. The lowest BCUT2D eigenvalue weighted by Gasteiger charge is -2.28. The highest BCUT2D eigenvalue weighted by Crippen LogP contribution is 2.30. The van der Waals surface area contributed by atoms with Crippen molar-refractivity contribution >= 4 is 0 Å². The second kappa shape index (κ2) is 4.63. The van der Waals surface area contributed by atoms with Gasteiger partial charge in [-0.2, -0.15) is 0 Å². The van der Waals surface area contributed by atoms with Crippen LogP contribution in [-0.2, 0) is 4.74 Å². The van der Waals surface area contributed by atoms with E-state index in [4.69, 9.17) is 4.74 Å². The quantitative estimate of drug-likeness (QED) is 0.794. The van der Waals surface area contributed by atoms with E-state index in [0.717, 1.165) is 18.9 Å². The molecule has 0 saturated carbocycles. The van der Waals surface area contributed by atoms with Crippen LogP contribution in [0.5, 0.6) is 0 Å². The van der Waals surface area contributed by atoms with E-state index in [1.807, 2.05) is 0 Å². The van der Waals surface area contributed by atoms with E-state index in [9.17, 15) is 0 Å². The number of hydrogen-bond acceptors (Lipinski definition) is 3. The molecule has 3 atom stereocenters. The maximum absolute atomic E-state index is 5.88. The Labute approximate surface area is 99.5 Å². The molecule has 0 radical (unpaired) electrons. The molecule has 0 bridgehead atoms. The van der Waals surface area contributed by atoms with Crippen molar-refractivity contribution in [2.75, 3.05) is 19.7 Å². The Balaban J connectivity index is 1.83. The molecule has 3 unspecified atom stereocenters. The van der Waals surface area contributed by atoms with Gasteiger partial charge in [-0.15, -0.1) is 0 Å². The van der Waals surface area contributed by atoms with Gasteiger partial charge in [0.15, 0.2) is 0 Å². The molecule has 0 amide bonds. The van der Waals surface area contributed by atoms with E-state index in [1.54, 1.807) is 0 Å². The molecule has 0 spiro atoms. The molecule has 2 aliphatic rings. The van der Waals surface area contributed by atoms with Gasteiger partial charge in [-0.1, -0.05) is 0 Å². The van der Waals surface area contributed by atoms with Crippen LogP contribution < -0.4 is 5.32 Å². The van der Waals surface area contributed by atoms with Crippen molar-refractivity contribution in [1.82, 2.24) is 10.2 Å². The lowest BCUT2D eigenvalue weighted by atomic mass is 9.97. The molecular formula is C13H26N2O. The third kappa shape index (κ3) is 2.76. The van der Waals surface area contributed by atoms with Gasteiger partial charge in [-0.25, -0.2) is 0 Å². The third-order valence-corrected chi connectivity index (χ3v) is 3.93. The standard InChI is InChI=1S/C13H26N2O/c1-10(2)15-6-5-12(8-15)7-13(4)14-11(3)9-16-13/h10-12,14H,5-9H2,1-4H3. The van der Waals surface area contributed by atoms with Crippen molar-refractivity contribution < 1.29 is 4.74 Å². The molecule has 2 rings (SSSR count). The lowest BCUT2D eigenvalue weighted by Crippen LogP contribution is -2.42. The first kappa shape index (κ1) is 12.3. The van der Waals surface area contributed by atoms with E-state index >= 15 is 0 Å². The van der Waals surface area contributed by atoms with Gasteiger partial charge in [0.2, 0.25) is 0 Å². The normalized spacial score (nSPS) is 41.1. The van der Waals surface area contributed by atoms with Crippen molar-refractivity contribution in [2.24, 2.45) is 5.92 Å². The third-order valence-electron chi connectivity index (χ3n) is 3.93. The molecule has 2 fully saturated rings. The molecule has 3 nitrogen and oxygen atoms in total. The molecule has 1 N–H and O–H groups in total. The van der Waals surface area contributed by atoms with Gasteiger partial charge in [0.25, 0.3) is 0 Å². The largest absolute Gasteiger partial charge is 0.359 e. The van der Waals surface area contributed by atoms with Crippen LogP contribution in [-0.4, -0.2) is 42.4 Å². The second-order valence-electron chi connectivity index (χ2n) is 6.03. The summed E-state index contributed by atoms with van der Waals surface area (Å²) in [5.74, 6) is 0.796. The Morgan fingerprint density at radius 2 is 2.25 bits per heavy atom. The predicted molar refractivity (Wildman–Crippen MR) is 66.4 cm³/mol. The number of ether oxygens (including phenoxy) is 1. The van der Waals surface area contributed by atoms with Crippen LogP contribution >= 0.6 is 0 Å². The first-order valence-corrected chi connectivity index (χ1v) is 6.64. The van der Waals surface area contributed by atoms with Crippen molar-refractivity contribution in [2.45, 2.75) is 58.3 Å². The van der Waals surface area contributed by atoms with Crippen LogP contribution in [0.2, 0.25) is 0 Å². The Morgan fingerprint density at radius 3 is 2.75 bits per heavy atom. The Hall–Kier alpha value is -0.120. The van der Waals surface area contributed by atoms with E-state index in [-0.39, 0.29) is 5.72 Å². The average Bonchev–Trinajstić information content (AvgIpc) is 2.74. The fraction of sp³-hybridized carbons (Fsp3) is 1.00. The summed E-state index contributed by atoms with van der Waals surface area (Å²) in [4.78, 5) is 2.58. The van der Waals surface area contributed by atoms with Gasteiger partial charge >= 0.3 is 0 Å². The summed E-state index contributed by atoms with van der Waals surface area (Å²) in [6, 6.07) is 1.20. The van der Waals surface area contributed by atoms with E-state index in [1.165, 1.54) is 19.5 Å². The highest BCUT2D eigenvalue weighted by atomic mass is 16.5. The molecule has 2 heterocycles. The van der Waals surface area contributed by atoms with Crippen molar-refractivity contribution in [3.63, 3.8) is 0 Å². The van der Waals surface area contributed by atoms with Crippen molar-refractivity contribution in [3.8, 4) is 0 Å². The zero-order chi connectivity index (χ0) is 11.8. The van der Waals surface area contributed by atoms with Gasteiger partial charge in [0.05, 0.1) is 6.61 Å². The van der Waals surface area contributed by atoms with Crippen LogP contribution in [0.3, 0.4) is 0 Å². The summed E-state index contributed by atoms with van der Waals surface area (Å²) < 4.78 is 5.88. The number of hydrogen-bond donors (Lipinski definition) is 1. The molecule has 94 valence electrons. The lowest BCUT2D eigenvalue weighted by molar-refractivity contribution is -0.0127. The van der Waals surface area contributed by atoms with Crippen LogP contribution in [0.25, 0.3) is 0 Å². The summed E-state index contributed by atoms with van der Waals surface area (Å²) in [6.07, 6.45) is 2.48. The molecular weight excluding hydrogens is 200 g/mol. The molecule has 3 heteroatoms. The summed E-state index contributed by atoms with van der Waals surface area (Å²) in [5, 5.41) is 3.56. The average molecular weight is 226 g/mol. The first-order valence-electron chi connectivity index (χ1n) is 6.64. The molecule has 2 aliphatic heterocycles. The van der Waals surface area contributed by atoms with E-state index in [0.29, 0.717) is 12.1 Å². The smallest absolute Gasteiger partial charge is 0.117 e. The second-order valence-corrected chi connectivity index (χ2v) is 6.03. The Morgan fingerprint density at radius 1 is 1.50 bits per heavy atom. The predicted octanol–water partition coefficient (Wildman–Crippen LogP) is 1.83. The first-order chi connectivity index (χ1) is 7.48. The minimum absolute atomic E-state index is 0.0723. The van der Waals surface area contributed by atoms with Crippen molar-refractivity contribution in [1.29, 1.82) is 0 Å². The van der Waals surface area contributed by atoms with Gasteiger partial charge in [0.1, 0.15) is 5.72 Å². The van der Waals surface area contributed by atoms with E-state index < -0.39 is 0 Å². The van der Waals surface area contributed by atoms with Crippen molar-refractivity contribution in [3.05, 3.63) is 0 Å². The summed E-state index contributed by atoms with van der Waals surface area (Å²) in [7, 11) is 0. The van der Waals surface area contributed by atoms with Gasteiger partial charge in [-0.05, 0) is 53.0 Å². The van der Waals surface area contributed by atoms with Gasteiger partial charge < -0.3 is 9.64 Å². The maximum atomic E-state index is 5.88. The fourth-order valence-corrected chi connectivity index (χ4v) is 3.08. The number of nitrogens with one attached hydrogen (secondary N) is 1. The highest BCUT2D eigenvalue weighted by molar-refractivity contribution is 4.88. The van der Waals surface area contributed by atoms with Crippen LogP contribution in [0.15, 0.2) is 0 Å². The highest BCUT2D eigenvalue weighted by Gasteiger charge is 2.37. The fourth-order valence-electron chi connectivity index (χ4n) is 3.08. The topological polar surface area (TPSA) is 24.5 Å². The van der Waals surface area contributed by atoms with Gasteiger partial charge in [-0.3, -0.25) is 5.32 Å². The molecule has 0 aliphatic carbocycles. The minimum atomic E-state index is -0.0723. The zero-order valence-electron chi connectivity index (χ0n) is 11.1. The van der Waals surface area contributed by atoms with Crippen LogP contribution in [0, 0.1) is 5.92 Å². The zero-order valence-corrected chi connectivity index (χ0v) is 11.1. The molecule has 0 aromatic carbocycles. The summed E-state index contributed by atoms with van der Waals surface area (Å²) in [6.45, 7) is 12.3. The SMILES string of the molecule is CC1COC(C)(CC2CCN(C(C)C)C2)N1. The van der Waals surface area contributed by atoms with Gasteiger partial charge in [0, 0.05) is 18.6 Å². The number of rotatable bonds is 3. The molecule has 2 saturated heterocycles. The Bertz CT molecular complexity index is 244. The van der Waals surface area contributed by atoms with Crippen LogP contribution in [0.1, 0.15) is 40.5 Å². The number of likely N-dealkylation sites (tertiary alicyclic amines) is 1. The summed E-state index contributed by atoms with van der Waals surface area (Å²) >= 11 is 0. The maximum Gasteiger partial charge on any atom is 0.117 e. The Kier molecular flexibility index (Phi) is 3.57. The molecule has 16 heavy (non-hydrogen) atoms. The van der Waals surface area contributed by atoms with Crippen LogP contribution in [0.4, 0.5) is 0 Å². The molecule has 0 aromatic rings. The minimum Gasteiger partial charge on any atom is -0.359 e. The number of nitrogens with zero attached hydrogens (tertiary/aromatic N) is 1. The monoisotopic (exact) mass is 226 g/mol.